The van der Waals surface area contributed by atoms with Gasteiger partial charge in [0.05, 0.1) is 5.56 Å². The molecule has 1 aromatic carbocycles. The van der Waals surface area contributed by atoms with Crippen molar-refractivity contribution in [2.45, 2.75) is 53.4 Å². The normalized spacial score (nSPS) is 12.2. The van der Waals surface area contributed by atoms with E-state index in [0.717, 1.165) is 36.8 Å². The molecule has 0 N–H and O–H groups in total. The molecule has 0 bridgehead atoms. The highest BCUT2D eigenvalue weighted by Gasteiger charge is 2.15. The zero-order valence-electron chi connectivity index (χ0n) is 12.9. The van der Waals surface area contributed by atoms with Gasteiger partial charge in [0.15, 0.2) is 0 Å². The average Bonchev–Trinajstić information content (AvgIpc) is 2.42. The van der Waals surface area contributed by atoms with Crippen LogP contribution in [-0.2, 0) is 9.78 Å². The van der Waals surface area contributed by atoms with Crippen LogP contribution in [0.5, 0.6) is 0 Å². The zero-order valence-corrected chi connectivity index (χ0v) is 12.9. The lowest BCUT2D eigenvalue weighted by Crippen LogP contribution is -2.11. The molecule has 1 radical (unpaired) electrons. The Bertz CT molecular complexity index is 406. The fourth-order valence-electron chi connectivity index (χ4n) is 2.16. The molecule has 0 amide bonds. The molecule has 20 heavy (non-hydrogen) atoms. The predicted molar refractivity (Wildman–Crippen MR) is 80.0 cm³/mol. The molecule has 3 heteroatoms. The van der Waals surface area contributed by atoms with Crippen molar-refractivity contribution in [1.82, 2.24) is 0 Å². The topological polar surface area (TPSA) is 35.5 Å². The first kappa shape index (κ1) is 16.7. The highest BCUT2D eigenvalue weighted by Crippen LogP contribution is 2.18. The molecular weight excluding hydrogens is 252 g/mol. The Morgan fingerprint density at radius 1 is 1.25 bits per heavy atom. The van der Waals surface area contributed by atoms with Crippen LogP contribution < -0.4 is 0 Å². The molecular formula is C17H25O3. The van der Waals surface area contributed by atoms with Gasteiger partial charge in [-0.3, -0.25) is 4.89 Å². The van der Waals surface area contributed by atoms with Crippen LogP contribution in [0.2, 0.25) is 0 Å². The Labute approximate surface area is 122 Å². The molecule has 111 valence electrons. The summed E-state index contributed by atoms with van der Waals surface area (Å²) >= 11 is 0. The molecule has 3 nitrogen and oxygen atoms in total. The van der Waals surface area contributed by atoms with Crippen molar-refractivity contribution in [3.8, 4) is 0 Å². The van der Waals surface area contributed by atoms with E-state index in [1.165, 1.54) is 0 Å². The monoisotopic (exact) mass is 277 g/mol. The zero-order chi connectivity index (χ0) is 15.0. The third-order valence-corrected chi connectivity index (χ3v) is 3.51. The highest BCUT2D eigenvalue weighted by molar-refractivity contribution is 5.92. The lowest BCUT2D eigenvalue weighted by molar-refractivity contribution is -0.219. The van der Waals surface area contributed by atoms with E-state index >= 15 is 0 Å². The van der Waals surface area contributed by atoms with Crippen molar-refractivity contribution < 1.29 is 14.6 Å². The molecule has 0 saturated carbocycles. The number of hydrogen-bond acceptors (Lipinski definition) is 3. The standard InChI is InChI=1S/C17H25O3/c1-5-7-11-15(6-2)12-19-20-17(18)16-13(3)9-8-10-14(16)4/h8-10,12,15H,5-7,11H2,1-4H3. The first-order valence-electron chi connectivity index (χ1n) is 7.37. The summed E-state index contributed by atoms with van der Waals surface area (Å²) in [5, 5.41) is 0. The number of rotatable bonds is 8. The van der Waals surface area contributed by atoms with Crippen LogP contribution in [-0.4, -0.2) is 5.97 Å². The molecule has 0 aliphatic heterocycles. The van der Waals surface area contributed by atoms with Gasteiger partial charge in [0, 0.05) is 0 Å². The molecule has 1 aromatic rings. The van der Waals surface area contributed by atoms with E-state index in [1.807, 2.05) is 32.0 Å². The maximum atomic E-state index is 12.0. The lowest BCUT2D eigenvalue weighted by atomic mass is 10.0. The number of benzene rings is 1. The number of unbranched alkanes of at least 4 members (excludes halogenated alkanes) is 1. The molecule has 0 fully saturated rings. The molecule has 0 aliphatic carbocycles. The Kier molecular flexibility index (Phi) is 7.31. The largest absolute Gasteiger partial charge is 0.373 e. The summed E-state index contributed by atoms with van der Waals surface area (Å²) in [7, 11) is 0. The van der Waals surface area contributed by atoms with Gasteiger partial charge in [0.2, 0.25) is 0 Å². The van der Waals surface area contributed by atoms with Crippen LogP contribution in [0.3, 0.4) is 0 Å². The third kappa shape index (κ3) is 4.97. The van der Waals surface area contributed by atoms with Crippen LogP contribution in [0.1, 0.15) is 61.0 Å². The second-order valence-corrected chi connectivity index (χ2v) is 5.18. The van der Waals surface area contributed by atoms with E-state index in [-0.39, 0.29) is 0 Å². The smallest absolute Gasteiger partial charge is 0.292 e. The summed E-state index contributed by atoms with van der Waals surface area (Å²) < 4.78 is 0. The van der Waals surface area contributed by atoms with E-state index in [9.17, 15) is 4.79 Å². The van der Waals surface area contributed by atoms with Crippen LogP contribution in [0, 0.1) is 26.4 Å². The Morgan fingerprint density at radius 2 is 1.90 bits per heavy atom. The third-order valence-electron chi connectivity index (χ3n) is 3.51. The quantitative estimate of drug-likeness (QED) is 0.507. The minimum atomic E-state index is -0.429. The van der Waals surface area contributed by atoms with E-state index < -0.39 is 5.97 Å². The first-order chi connectivity index (χ1) is 9.60. The van der Waals surface area contributed by atoms with E-state index in [2.05, 4.69) is 13.8 Å². The van der Waals surface area contributed by atoms with Crippen molar-refractivity contribution in [1.29, 1.82) is 0 Å². The summed E-state index contributed by atoms with van der Waals surface area (Å²) in [4.78, 5) is 21.9. The molecule has 0 aliphatic rings. The number of carbonyl (C=O) groups excluding carboxylic acids is 1. The summed E-state index contributed by atoms with van der Waals surface area (Å²) in [6, 6.07) is 5.71. The summed E-state index contributed by atoms with van der Waals surface area (Å²) in [6.45, 7) is 9.69. The summed E-state index contributed by atoms with van der Waals surface area (Å²) in [6.07, 6.45) is 4.37. The molecule has 1 rings (SSSR count). The number of carbonyl (C=O) groups is 1. The maximum Gasteiger partial charge on any atom is 0.373 e. The van der Waals surface area contributed by atoms with Gasteiger partial charge < -0.3 is 0 Å². The van der Waals surface area contributed by atoms with Crippen LogP contribution in [0.25, 0.3) is 0 Å². The minimum Gasteiger partial charge on any atom is -0.292 e. The van der Waals surface area contributed by atoms with Crippen LogP contribution in [0.4, 0.5) is 0 Å². The molecule has 0 spiro atoms. The highest BCUT2D eigenvalue weighted by atomic mass is 17.2. The van der Waals surface area contributed by atoms with Gasteiger partial charge in [-0.2, -0.15) is 4.89 Å². The van der Waals surface area contributed by atoms with Crippen molar-refractivity contribution >= 4 is 5.97 Å². The molecule has 0 heterocycles. The van der Waals surface area contributed by atoms with E-state index in [1.54, 1.807) is 6.61 Å². The van der Waals surface area contributed by atoms with Gasteiger partial charge in [-0.25, -0.2) is 4.79 Å². The van der Waals surface area contributed by atoms with Gasteiger partial charge in [-0.05, 0) is 37.3 Å². The van der Waals surface area contributed by atoms with Gasteiger partial charge in [-0.1, -0.05) is 51.3 Å². The van der Waals surface area contributed by atoms with Crippen LogP contribution >= 0.6 is 0 Å². The van der Waals surface area contributed by atoms with Crippen molar-refractivity contribution in [2.75, 3.05) is 0 Å². The number of aryl methyl sites for hydroxylation is 2. The van der Waals surface area contributed by atoms with Crippen molar-refractivity contribution in [3.63, 3.8) is 0 Å². The Hall–Kier alpha value is -1.35. The average molecular weight is 277 g/mol. The van der Waals surface area contributed by atoms with Gasteiger partial charge in [0.25, 0.3) is 0 Å². The minimum absolute atomic E-state index is 0.334. The Balaban J connectivity index is 2.47. The molecule has 0 saturated heterocycles. The molecule has 1 unspecified atom stereocenters. The van der Waals surface area contributed by atoms with E-state index in [0.29, 0.717) is 11.5 Å². The fourth-order valence-corrected chi connectivity index (χ4v) is 2.16. The lowest BCUT2D eigenvalue weighted by Gasteiger charge is -2.13. The fraction of sp³-hybridized carbons (Fsp3) is 0.529. The second kappa shape index (κ2) is 8.75. The SMILES string of the molecule is CCCCC([CH]OOC(=O)c1c(C)cccc1C)CC. The van der Waals surface area contributed by atoms with Crippen LogP contribution in [0.15, 0.2) is 18.2 Å². The van der Waals surface area contributed by atoms with Gasteiger partial charge in [-0.15, -0.1) is 0 Å². The molecule has 0 aromatic heterocycles. The van der Waals surface area contributed by atoms with E-state index in [4.69, 9.17) is 9.78 Å². The van der Waals surface area contributed by atoms with Crippen molar-refractivity contribution in [3.05, 3.63) is 41.5 Å². The Morgan fingerprint density at radius 3 is 2.45 bits per heavy atom. The van der Waals surface area contributed by atoms with Crippen molar-refractivity contribution in [2.24, 2.45) is 5.92 Å². The second-order valence-electron chi connectivity index (χ2n) is 5.18. The first-order valence-corrected chi connectivity index (χ1v) is 7.37. The predicted octanol–water partition coefficient (Wildman–Crippen LogP) is 4.77. The van der Waals surface area contributed by atoms with Gasteiger partial charge >= 0.3 is 5.97 Å². The number of hydrogen-bond donors (Lipinski definition) is 0. The molecule has 1 atom stereocenters. The summed E-state index contributed by atoms with van der Waals surface area (Å²) in [5.41, 5.74) is 2.38. The van der Waals surface area contributed by atoms with Gasteiger partial charge in [0.1, 0.15) is 6.61 Å². The summed E-state index contributed by atoms with van der Waals surface area (Å²) in [5.74, 6) is -0.0945. The maximum absolute atomic E-state index is 12.0.